The van der Waals surface area contributed by atoms with E-state index in [1.807, 2.05) is 18.2 Å². The Morgan fingerprint density at radius 1 is 1.42 bits per heavy atom. The molecular weight excluding hydrogens is 238 g/mol. The van der Waals surface area contributed by atoms with Gasteiger partial charge >= 0.3 is 0 Å². The quantitative estimate of drug-likeness (QED) is 0.768. The average molecular weight is 261 g/mol. The molecule has 0 saturated heterocycles. The molecule has 0 aliphatic carbocycles. The van der Waals surface area contributed by atoms with Gasteiger partial charge in [0.25, 0.3) is 0 Å². The van der Waals surface area contributed by atoms with Crippen LogP contribution in [0, 0.1) is 5.92 Å². The molecule has 3 nitrogen and oxygen atoms in total. The molecule has 104 valence electrons. The zero-order valence-corrected chi connectivity index (χ0v) is 11.7. The summed E-state index contributed by atoms with van der Waals surface area (Å²) in [4.78, 5) is 12.2. The molecule has 0 aromatic heterocycles. The molecule has 0 fully saturated rings. The lowest BCUT2D eigenvalue weighted by Crippen LogP contribution is -2.10. The second-order valence-electron chi connectivity index (χ2n) is 5.23. The van der Waals surface area contributed by atoms with Gasteiger partial charge in [0.05, 0.1) is 6.61 Å². The van der Waals surface area contributed by atoms with Gasteiger partial charge in [-0.15, -0.1) is 0 Å². The van der Waals surface area contributed by atoms with Gasteiger partial charge in [-0.2, -0.15) is 0 Å². The molecule has 2 N–H and O–H groups in total. The highest BCUT2D eigenvalue weighted by molar-refractivity contribution is 5.96. The van der Waals surface area contributed by atoms with Gasteiger partial charge in [0.1, 0.15) is 5.75 Å². The molecule has 1 aliphatic rings. The first-order valence-electron chi connectivity index (χ1n) is 7.23. The maximum atomic E-state index is 12.2. The molecule has 0 saturated carbocycles. The molecule has 19 heavy (non-hydrogen) atoms. The SMILES string of the molecule is CCC(CCN)CCC(=O)c1ccc2c(c1)CCO2. The van der Waals surface area contributed by atoms with E-state index in [2.05, 4.69) is 6.92 Å². The van der Waals surface area contributed by atoms with E-state index in [4.69, 9.17) is 10.5 Å². The van der Waals surface area contributed by atoms with E-state index in [0.29, 0.717) is 18.9 Å². The van der Waals surface area contributed by atoms with E-state index in [9.17, 15) is 4.79 Å². The lowest BCUT2D eigenvalue weighted by Gasteiger charge is -2.12. The summed E-state index contributed by atoms with van der Waals surface area (Å²) in [5, 5.41) is 0. The molecule has 0 bridgehead atoms. The van der Waals surface area contributed by atoms with Crippen molar-refractivity contribution in [2.24, 2.45) is 11.7 Å². The van der Waals surface area contributed by atoms with E-state index < -0.39 is 0 Å². The largest absolute Gasteiger partial charge is 0.493 e. The number of carbonyl (C=O) groups excluding carboxylic acids is 1. The minimum Gasteiger partial charge on any atom is -0.493 e. The van der Waals surface area contributed by atoms with Crippen LogP contribution in [0.4, 0.5) is 0 Å². The molecule has 1 heterocycles. The molecule has 1 atom stereocenters. The van der Waals surface area contributed by atoms with Gasteiger partial charge in [-0.1, -0.05) is 13.3 Å². The van der Waals surface area contributed by atoms with Crippen LogP contribution in [-0.2, 0) is 6.42 Å². The van der Waals surface area contributed by atoms with E-state index >= 15 is 0 Å². The molecule has 0 amide bonds. The summed E-state index contributed by atoms with van der Waals surface area (Å²) in [7, 11) is 0. The summed E-state index contributed by atoms with van der Waals surface area (Å²) in [6.45, 7) is 3.61. The number of fused-ring (bicyclic) bond motifs is 1. The monoisotopic (exact) mass is 261 g/mol. The number of hydrogen-bond donors (Lipinski definition) is 1. The normalized spacial score (nSPS) is 14.8. The van der Waals surface area contributed by atoms with E-state index in [-0.39, 0.29) is 5.78 Å². The second kappa shape index (κ2) is 6.71. The molecule has 1 aromatic carbocycles. The van der Waals surface area contributed by atoms with Crippen LogP contribution in [0.15, 0.2) is 18.2 Å². The van der Waals surface area contributed by atoms with E-state index in [1.165, 1.54) is 5.56 Å². The van der Waals surface area contributed by atoms with Gasteiger partial charge in [-0.25, -0.2) is 0 Å². The molecular formula is C16H23NO2. The summed E-state index contributed by atoms with van der Waals surface area (Å²) in [5.74, 6) is 1.75. The first-order valence-corrected chi connectivity index (χ1v) is 7.23. The average Bonchev–Trinajstić information content (AvgIpc) is 2.90. The van der Waals surface area contributed by atoms with Gasteiger partial charge in [0.15, 0.2) is 5.78 Å². The zero-order valence-electron chi connectivity index (χ0n) is 11.7. The zero-order chi connectivity index (χ0) is 13.7. The number of carbonyl (C=O) groups is 1. The van der Waals surface area contributed by atoms with Gasteiger partial charge in [-0.3, -0.25) is 4.79 Å². The molecule has 1 aromatic rings. The first kappa shape index (κ1) is 14.1. The maximum absolute atomic E-state index is 12.2. The lowest BCUT2D eigenvalue weighted by molar-refractivity contribution is 0.0972. The third-order valence-corrected chi connectivity index (χ3v) is 3.94. The van der Waals surface area contributed by atoms with Crippen LogP contribution >= 0.6 is 0 Å². The van der Waals surface area contributed by atoms with Crippen LogP contribution in [0.2, 0.25) is 0 Å². The van der Waals surface area contributed by atoms with Gasteiger partial charge in [0, 0.05) is 18.4 Å². The molecule has 2 rings (SSSR count). The van der Waals surface area contributed by atoms with E-state index in [1.54, 1.807) is 0 Å². The highest BCUT2D eigenvalue weighted by Gasteiger charge is 2.16. The molecule has 0 spiro atoms. The Kier molecular flexibility index (Phi) is 4.97. The minimum absolute atomic E-state index is 0.241. The summed E-state index contributed by atoms with van der Waals surface area (Å²) >= 11 is 0. The third-order valence-electron chi connectivity index (χ3n) is 3.94. The van der Waals surface area contributed by atoms with Crippen molar-refractivity contribution in [1.29, 1.82) is 0 Å². The minimum atomic E-state index is 0.241. The third kappa shape index (κ3) is 3.57. The number of ketones is 1. The van der Waals surface area contributed by atoms with Crippen LogP contribution < -0.4 is 10.5 Å². The summed E-state index contributed by atoms with van der Waals surface area (Å²) in [6.07, 6.45) is 4.60. The Morgan fingerprint density at radius 2 is 2.26 bits per heavy atom. The van der Waals surface area contributed by atoms with Crippen molar-refractivity contribution in [2.45, 2.75) is 39.0 Å². The van der Waals surface area contributed by atoms with Gasteiger partial charge in [0.2, 0.25) is 0 Å². The maximum Gasteiger partial charge on any atom is 0.162 e. The van der Waals surface area contributed by atoms with Crippen molar-refractivity contribution in [3.8, 4) is 5.75 Å². The van der Waals surface area contributed by atoms with Crippen LogP contribution in [-0.4, -0.2) is 18.9 Å². The van der Waals surface area contributed by atoms with Crippen molar-refractivity contribution in [2.75, 3.05) is 13.2 Å². The fourth-order valence-electron chi connectivity index (χ4n) is 2.63. The molecule has 1 aliphatic heterocycles. The predicted octanol–water partition coefficient (Wildman–Crippen LogP) is 2.96. The molecule has 3 heteroatoms. The molecule has 0 radical (unpaired) electrons. The summed E-state index contributed by atoms with van der Waals surface area (Å²) in [6, 6.07) is 5.80. The van der Waals surface area contributed by atoms with Crippen molar-refractivity contribution < 1.29 is 9.53 Å². The van der Waals surface area contributed by atoms with Gasteiger partial charge in [-0.05, 0) is 49.1 Å². The summed E-state index contributed by atoms with van der Waals surface area (Å²) < 4.78 is 5.46. The fraction of sp³-hybridized carbons (Fsp3) is 0.562. The van der Waals surface area contributed by atoms with Crippen LogP contribution in [0.3, 0.4) is 0 Å². The topological polar surface area (TPSA) is 52.3 Å². The Bertz CT molecular complexity index is 442. The Balaban J connectivity index is 1.92. The molecule has 1 unspecified atom stereocenters. The number of nitrogens with two attached hydrogens (primary N) is 1. The van der Waals surface area contributed by atoms with Crippen LogP contribution in [0.25, 0.3) is 0 Å². The number of ether oxygens (including phenoxy) is 1. The lowest BCUT2D eigenvalue weighted by atomic mass is 9.93. The number of hydrogen-bond acceptors (Lipinski definition) is 3. The van der Waals surface area contributed by atoms with Crippen LogP contribution in [0.5, 0.6) is 5.75 Å². The van der Waals surface area contributed by atoms with Crippen molar-refractivity contribution >= 4 is 5.78 Å². The number of Topliss-reactive ketones (excluding diaryl/α,β-unsaturated/α-hetero) is 1. The van der Waals surface area contributed by atoms with Crippen molar-refractivity contribution in [3.63, 3.8) is 0 Å². The Morgan fingerprint density at radius 3 is 3.00 bits per heavy atom. The van der Waals surface area contributed by atoms with Gasteiger partial charge < -0.3 is 10.5 Å². The Hall–Kier alpha value is -1.35. The predicted molar refractivity (Wildman–Crippen MR) is 76.7 cm³/mol. The smallest absolute Gasteiger partial charge is 0.162 e. The van der Waals surface area contributed by atoms with E-state index in [0.717, 1.165) is 43.6 Å². The number of rotatable bonds is 7. The summed E-state index contributed by atoms with van der Waals surface area (Å²) in [5.41, 5.74) is 7.58. The fourth-order valence-corrected chi connectivity index (χ4v) is 2.63. The first-order chi connectivity index (χ1) is 9.24. The number of benzene rings is 1. The van der Waals surface area contributed by atoms with Crippen molar-refractivity contribution in [3.05, 3.63) is 29.3 Å². The highest BCUT2D eigenvalue weighted by Crippen LogP contribution is 2.27. The standard InChI is InChI=1S/C16H23NO2/c1-2-12(7-9-17)3-5-15(18)13-4-6-16-14(11-13)8-10-19-16/h4,6,11-12H,2-3,5,7-10,17H2,1H3. The second-order valence-corrected chi connectivity index (χ2v) is 5.23. The van der Waals surface area contributed by atoms with Crippen LogP contribution in [0.1, 0.15) is 48.5 Å². The van der Waals surface area contributed by atoms with Crippen molar-refractivity contribution in [1.82, 2.24) is 0 Å². The highest BCUT2D eigenvalue weighted by atomic mass is 16.5. The Labute approximate surface area is 115 Å².